The molecule has 0 saturated carbocycles. The van der Waals surface area contributed by atoms with Gasteiger partial charge in [-0.15, -0.1) is 0 Å². The van der Waals surface area contributed by atoms with Gasteiger partial charge in [0.1, 0.15) is 0 Å². The monoisotopic (exact) mass is 600 g/mol. The second-order valence-electron chi connectivity index (χ2n) is 11.5. The molecule has 5 heterocycles. The van der Waals surface area contributed by atoms with Gasteiger partial charge >= 0.3 is 5.69 Å². The number of aromatic nitrogens is 7. The van der Waals surface area contributed by atoms with E-state index in [-0.39, 0.29) is 11.3 Å². The minimum Gasteiger partial charge on any atom is -0.480 e. The molecule has 0 aliphatic carbocycles. The van der Waals surface area contributed by atoms with Gasteiger partial charge in [0.05, 0.1) is 57.9 Å². The normalized spacial score (nSPS) is 14.6. The Morgan fingerprint density at radius 2 is 1.82 bits per heavy atom. The third-order valence-electron chi connectivity index (χ3n) is 8.27. The maximum Gasteiger partial charge on any atom is 0.328 e. The average molecular weight is 601 g/mol. The highest BCUT2D eigenvalue weighted by molar-refractivity contribution is 5.95. The summed E-state index contributed by atoms with van der Waals surface area (Å²) in [4.78, 5) is 24.4. The molecule has 13 heteroatoms. The lowest BCUT2D eigenvalue weighted by molar-refractivity contribution is 0.0312. The van der Waals surface area contributed by atoms with Crippen LogP contribution >= 0.6 is 0 Å². The number of alkyl halides is 2. The van der Waals surface area contributed by atoms with E-state index in [4.69, 9.17) is 9.72 Å². The Labute approximate surface area is 250 Å². The second-order valence-corrected chi connectivity index (χ2v) is 11.5. The summed E-state index contributed by atoms with van der Waals surface area (Å²) in [5.74, 6) is 0.744. The molecule has 11 nitrogen and oxygen atoms in total. The zero-order chi connectivity index (χ0) is 31.1. The Morgan fingerprint density at radius 3 is 2.48 bits per heavy atom. The number of methoxy groups -OCH3 is 1. The van der Waals surface area contributed by atoms with Crippen LogP contribution in [0, 0.1) is 0 Å². The first kappa shape index (κ1) is 27.8. The van der Waals surface area contributed by atoms with E-state index in [1.807, 2.05) is 23.1 Å². The van der Waals surface area contributed by atoms with Crippen LogP contribution < -0.4 is 15.3 Å². The Hall–Kier alpha value is -5.04. The van der Waals surface area contributed by atoms with Crippen molar-refractivity contribution in [2.24, 2.45) is 21.1 Å². The molecule has 0 spiro atoms. The molecule has 1 N–H and O–H groups in total. The number of fused-ring (bicyclic) bond motifs is 2. The molecule has 1 aliphatic heterocycles. The van der Waals surface area contributed by atoms with Crippen molar-refractivity contribution in [1.29, 1.82) is 0 Å². The zero-order valence-electron chi connectivity index (χ0n) is 24.8. The number of hydrogen-bond acceptors (Lipinski definition) is 7. The molecular weight excluding hydrogens is 570 g/mol. The minimum absolute atomic E-state index is 0.163. The molecule has 0 unspecified atom stereocenters. The van der Waals surface area contributed by atoms with Crippen molar-refractivity contribution < 1.29 is 18.6 Å². The second kappa shape index (κ2) is 9.74. The van der Waals surface area contributed by atoms with Crippen LogP contribution in [0.25, 0.3) is 50.3 Å². The van der Waals surface area contributed by atoms with Gasteiger partial charge in [-0.25, -0.2) is 23.5 Å². The van der Waals surface area contributed by atoms with E-state index in [1.54, 1.807) is 77.2 Å². The summed E-state index contributed by atoms with van der Waals surface area (Å²) in [6, 6.07) is 10.4. The van der Waals surface area contributed by atoms with Crippen LogP contribution in [-0.2, 0) is 21.1 Å². The highest BCUT2D eigenvalue weighted by Crippen LogP contribution is 2.41. The van der Waals surface area contributed by atoms with E-state index in [2.05, 4.69) is 10.1 Å². The van der Waals surface area contributed by atoms with Crippen molar-refractivity contribution in [1.82, 2.24) is 33.4 Å². The minimum atomic E-state index is -2.77. The lowest BCUT2D eigenvalue weighted by Gasteiger charge is -2.46. The van der Waals surface area contributed by atoms with Crippen LogP contribution in [0.1, 0.15) is 18.9 Å². The number of β-amino-alcohol motifs (C(OH)–C–C–N with tert-alkyl or cyclic N) is 1. The maximum absolute atomic E-state index is 14.7. The van der Waals surface area contributed by atoms with Crippen molar-refractivity contribution in [3.8, 4) is 34.1 Å². The van der Waals surface area contributed by atoms with E-state index in [1.165, 1.54) is 13.2 Å². The summed E-state index contributed by atoms with van der Waals surface area (Å²) in [6.45, 7) is 2.50. The number of imidazole rings is 2. The number of ether oxygens (including phenoxy) is 1. The van der Waals surface area contributed by atoms with Gasteiger partial charge in [0.25, 0.3) is 6.43 Å². The molecule has 4 aromatic heterocycles. The van der Waals surface area contributed by atoms with Crippen molar-refractivity contribution in [3.63, 3.8) is 0 Å². The van der Waals surface area contributed by atoms with Gasteiger partial charge in [0.2, 0.25) is 5.88 Å². The van der Waals surface area contributed by atoms with Gasteiger partial charge in [0, 0.05) is 57.8 Å². The largest absolute Gasteiger partial charge is 0.480 e. The van der Waals surface area contributed by atoms with Gasteiger partial charge in [-0.1, -0.05) is 0 Å². The molecule has 6 aromatic rings. The lowest BCUT2D eigenvalue weighted by Crippen LogP contribution is -2.60. The molecule has 7 rings (SSSR count). The van der Waals surface area contributed by atoms with Gasteiger partial charge < -0.3 is 14.7 Å². The van der Waals surface area contributed by atoms with Crippen molar-refractivity contribution in [3.05, 3.63) is 71.0 Å². The van der Waals surface area contributed by atoms with Crippen molar-refractivity contribution >= 4 is 27.8 Å². The summed E-state index contributed by atoms with van der Waals surface area (Å²) in [5.41, 5.74) is 3.78. The summed E-state index contributed by atoms with van der Waals surface area (Å²) < 4.78 is 41.4. The molecule has 2 aromatic carbocycles. The van der Waals surface area contributed by atoms with Crippen LogP contribution in [0.3, 0.4) is 0 Å². The predicted octanol–water partition coefficient (Wildman–Crippen LogP) is 4.20. The predicted molar refractivity (Wildman–Crippen MR) is 163 cm³/mol. The van der Waals surface area contributed by atoms with E-state index in [0.717, 1.165) is 5.69 Å². The van der Waals surface area contributed by atoms with Crippen LogP contribution in [-0.4, -0.2) is 64.4 Å². The highest BCUT2D eigenvalue weighted by Gasteiger charge is 2.38. The fraction of sp³-hybridized carbons (Fsp3) is 0.290. The summed E-state index contributed by atoms with van der Waals surface area (Å²) in [7, 11) is 6.64. The summed E-state index contributed by atoms with van der Waals surface area (Å²) in [6.07, 6.45) is 2.07. The Balaban J connectivity index is 1.58. The van der Waals surface area contributed by atoms with Crippen LogP contribution in [0.2, 0.25) is 0 Å². The van der Waals surface area contributed by atoms with Gasteiger partial charge in [-0.2, -0.15) is 5.10 Å². The van der Waals surface area contributed by atoms with Crippen molar-refractivity contribution in [2.45, 2.75) is 19.0 Å². The number of aliphatic hydroxyl groups is 1. The highest BCUT2D eigenvalue weighted by atomic mass is 19.3. The SMILES string of the molecule is COc1ncccc1-c1nc2cc(-c3cnn(C)c3)c(C(F)F)cc2n1-c1cc(N2CC(C)(O)C2)c2c(c1)n(C)c(=O)n2C. The first-order chi connectivity index (χ1) is 21.0. The zero-order valence-corrected chi connectivity index (χ0v) is 24.8. The van der Waals surface area contributed by atoms with Gasteiger partial charge in [-0.3, -0.25) is 18.4 Å². The Bertz CT molecular complexity index is 2150. The Kier molecular flexibility index (Phi) is 6.15. The number of benzene rings is 2. The number of nitrogens with zero attached hydrogens (tertiary/aromatic N) is 8. The third kappa shape index (κ3) is 4.18. The molecule has 226 valence electrons. The molecule has 0 atom stereocenters. The van der Waals surface area contributed by atoms with Gasteiger partial charge in [-0.05, 0) is 48.9 Å². The van der Waals surface area contributed by atoms with Crippen LogP contribution in [0.5, 0.6) is 5.88 Å². The van der Waals surface area contributed by atoms with Crippen LogP contribution in [0.15, 0.2) is 59.8 Å². The summed E-state index contributed by atoms with van der Waals surface area (Å²) in [5, 5.41) is 14.7. The molecule has 0 radical (unpaired) electrons. The van der Waals surface area contributed by atoms with Crippen LogP contribution in [0.4, 0.5) is 14.5 Å². The summed E-state index contributed by atoms with van der Waals surface area (Å²) >= 11 is 0. The Morgan fingerprint density at radius 1 is 1.05 bits per heavy atom. The van der Waals surface area contributed by atoms with E-state index in [9.17, 15) is 18.7 Å². The maximum atomic E-state index is 14.7. The molecule has 0 amide bonds. The molecule has 44 heavy (non-hydrogen) atoms. The fourth-order valence-corrected chi connectivity index (χ4v) is 6.23. The molecular formula is C31H30F2N8O3. The molecule has 1 aliphatic rings. The van der Waals surface area contributed by atoms with Gasteiger partial charge in [0.15, 0.2) is 5.82 Å². The first-order valence-electron chi connectivity index (χ1n) is 14.0. The molecule has 1 fully saturated rings. The standard InChI is InChI=1S/C31H30F2N8O3/c1-31(43)15-40(16-31)25-10-18(9-24-26(25)39(4)30(42)38(24)3)41-23-12-21(27(32)33)20(17-13-35-37(2)14-17)11-22(23)36-28(41)19-7-6-8-34-29(19)44-5/h6-14,27,43H,15-16H2,1-5H3. The number of hydrogen-bond donors (Lipinski definition) is 1. The number of pyridine rings is 1. The number of anilines is 1. The number of aryl methyl sites for hydroxylation is 3. The molecule has 1 saturated heterocycles. The topological polar surface area (TPSA) is 108 Å². The fourth-order valence-electron chi connectivity index (χ4n) is 6.23. The van der Waals surface area contributed by atoms with E-state index >= 15 is 0 Å². The third-order valence-corrected chi connectivity index (χ3v) is 8.27. The number of rotatable bonds is 6. The number of halogens is 2. The quantitative estimate of drug-likeness (QED) is 0.305. The first-order valence-corrected chi connectivity index (χ1v) is 14.0. The van der Waals surface area contributed by atoms with Crippen molar-refractivity contribution in [2.75, 3.05) is 25.1 Å². The lowest BCUT2D eigenvalue weighted by atomic mass is 9.95. The van der Waals surface area contributed by atoms with E-state index in [0.29, 0.717) is 69.2 Å². The van der Waals surface area contributed by atoms with E-state index < -0.39 is 12.0 Å². The smallest absolute Gasteiger partial charge is 0.328 e. The molecule has 0 bridgehead atoms. The average Bonchev–Trinajstić information content (AvgIpc) is 3.65.